The van der Waals surface area contributed by atoms with E-state index in [2.05, 4.69) is 0 Å². The molecule has 30 heavy (non-hydrogen) atoms. The second-order valence-corrected chi connectivity index (χ2v) is 6.56. The van der Waals surface area contributed by atoms with Gasteiger partial charge in [0.25, 0.3) is 0 Å². The Bertz CT molecular complexity index is 896. The van der Waals surface area contributed by atoms with Crippen LogP contribution in [0.15, 0.2) is 51.6 Å². The zero-order chi connectivity index (χ0) is 22.3. The highest BCUT2D eigenvalue weighted by Crippen LogP contribution is 2.26. The van der Waals surface area contributed by atoms with E-state index >= 15 is 0 Å². The van der Waals surface area contributed by atoms with Gasteiger partial charge < -0.3 is 23.9 Å². The van der Waals surface area contributed by atoms with Gasteiger partial charge in [0.15, 0.2) is 0 Å². The third-order valence-electron chi connectivity index (χ3n) is 4.49. The molecular formula is C20H24N2O8. The lowest BCUT2D eigenvalue weighted by atomic mass is 9.97. The lowest BCUT2D eigenvalue weighted by Crippen LogP contribution is -2.30. The summed E-state index contributed by atoms with van der Waals surface area (Å²) >= 11 is 0. The molecule has 0 spiro atoms. The zero-order valence-corrected chi connectivity index (χ0v) is 17.0. The number of hydrogen-bond donors (Lipinski definition) is 1. The van der Waals surface area contributed by atoms with Gasteiger partial charge in [0.2, 0.25) is 0 Å². The van der Waals surface area contributed by atoms with Gasteiger partial charge in [-0.3, -0.25) is 10.1 Å². The molecular weight excluding hydrogens is 396 g/mol. The summed E-state index contributed by atoms with van der Waals surface area (Å²) in [4.78, 5) is 36.8. The number of carbonyl (C=O) groups excluding carboxylic acids is 2. The van der Waals surface area contributed by atoms with Gasteiger partial charge in [0, 0.05) is 18.8 Å². The second kappa shape index (κ2) is 10.4. The van der Waals surface area contributed by atoms with Gasteiger partial charge in [-0.1, -0.05) is 6.08 Å². The van der Waals surface area contributed by atoms with Gasteiger partial charge in [-0.15, -0.1) is 0 Å². The maximum absolute atomic E-state index is 12.4. The Labute approximate surface area is 173 Å². The van der Waals surface area contributed by atoms with Crippen molar-refractivity contribution in [2.45, 2.75) is 32.4 Å². The van der Waals surface area contributed by atoms with E-state index in [-0.39, 0.29) is 30.3 Å². The molecule has 0 amide bonds. The number of methoxy groups -OCH3 is 2. The molecule has 10 nitrogen and oxygen atoms in total. The molecule has 2 rings (SSSR count). The molecule has 0 saturated heterocycles. The van der Waals surface area contributed by atoms with Crippen LogP contribution in [0.4, 0.5) is 5.88 Å². The van der Waals surface area contributed by atoms with Crippen LogP contribution in [-0.4, -0.2) is 53.7 Å². The minimum atomic E-state index is -0.738. The van der Waals surface area contributed by atoms with Crippen LogP contribution >= 0.6 is 0 Å². The third kappa shape index (κ3) is 5.57. The van der Waals surface area contributed by atoms with E-state index in [1.807, 2.05) is 13.0 Å². The van der Waals surface area contributed by atoms with Crippen LogP contribution < -0.4 is 0 Å². The number of furan rings is 1. The van der Waals surface area contributed by atoms with Gasteiger partial charge in [-0.25, -0.2) is 9.59 Å². The van der Waals surface area contributed by atoms with Crippen LogP contribution in [0.5, 0.6) is 0 Å². The maximum Gasteiger partial charge on any atom is 0.433 e. The fraction of sp³-hybridized carbons (Fsp3) is 0.400. The van der Waals surface area contributed by atoms with Crippen LogP contribution in [0.3, 0.4) is 0 Å². The minimum absolute atomic E-state index is 0.0101. The molecule has 0 fully saturated rings. The van der Waals surface area contributed by atoms with E-state index in [1.165, 1.54) is 32.6 Å². The summed E-state index contributed by atoms with van der Waals surface area (Å²) in [5.74, 6) is -1.54. The first-order chi connectivity index (χ1) is 14.3. The predicted molar refractivity (Wildman–Crippen MR) is 105 cm³/mol. The van der Waals surface area contributed by atoms with Crippen LogP contribution in [0.25, 0.3) is 0 Å². The number of aliphatic hydroxyl groups is 1. The standard InChI is InChI=1S/C20H24N2O8/c1-13-9-14(5-4-8-23)10-16(19(24)28-2)17(20(25)29-3)12-21(13)11-15-6-7-18(30-15)22(26)27/h6-7,9-10,12-13,23H,4-5,8,11H2,1-3H3. The van der Waals surface area contributed by atoms with Crippen molar-refractivity contribution < 1.29 is 33.5 Å². The number of esters is 2. The van der Waals surface area contributed by atoms with E-state index in [0.29, 0.717) is 18.6 Å². The molecule has 10 heteroatoms. The molecule has 1 aliphatic rings. The molecule has 0 saturated carbocycles. The Kier molecular flexibility index (Phi) is 7.93. The number of rotatable bonds is 8. The zero-order valence-electron chi connectivity index (χ0n) is 17.0. The molecule has 0 bridgehead atoms. The van der Waals surface area contributed by atoms with Gasteiger partial charge in [-0.05, 0) is 37.5 Å². The number of nitrogens with zero attached hydrogens (tertiary/aromatic N) is 2. The highest BCUT2D eigenvalue weighted by Gasteiger charge is 2.27. The summed E-state index contributed by atoms with van der Waals surface area (Å²) in [5, 5.41) is 20.1. The average molecular weight is 420 g/mol. The summed E-state index contributed by atoms with van der Waals surface area (Å²) < 4.78 is 14.9. The van der Waals surface area contributed by atoms with Gasteiger partial charge in [0.05, 0.1) is 38.0 Å². The normalized spacial score (nSPS) is 16.6. The molecule has 1 atom stereocenters. The fourth-order valence-electron chi connectivity index (χ4n) is 2.98. The van der Waals surface area contributed by atoms with E-state index in [9.17, 15) is 24.8 Å². The average Bonchev–Trinajstić information content (AvgIpc) is 3.20. The van der Waals surface area contributed by atoms with Crippen LogP contribution in [0, 0.1) is 10.1 Å². The van der Waals surface area contributed by atoms with Crippen molar-refractivity contribution in [3.63, 3.8) is 0 Å². The number of nitro groups is 1. The van der Waals surface area contributed by atoms with Crippen molar-refractivity contribution in [1.82, 2.24) is 4.90 Å². The van der Waals surface area contributed by atoms with Crippen LogP contribution in [-0.2, 0) is 25.6 Å². The molecule has 1 unspecified atom stereocenters. The van der Waals surface area contributed by atoms with Gasteiger partial charge >= 0.3 is 17.8 Å². The summed E-state index contributed by atoms with van der Waals surface area (Å²) in [6, 6.07) is 2.46. The number of carbonyl (C=O) groups is 2. The number of aliphatic hydroxyl groups excluding tert-OH is 1. The molecule has 2 heterocycles. The molecule has 1 aliphatic heterocycles. The van der Waals surface area contributed by atoms with Crippen molar-refractivity contribution in [1.29, 1.82) is 0 Å². The fourth-order valence-corrected chi connectivity index (χ4v) is 2.98. The van der Waals surface area contributed by atoms with E-state index in [4.69, 9.17) is 13.9 Å². The van der Waals surface area contributed by atoms with Crippen molar-refractivity contribution >= 4 is 17.8 Å². The minimum Gasteiger partial charge on any atom is -0.465 e. The van der Waals surface area contributed by atoms with Gasteiger partial charge in [-0.2, -0.15) is 0 Å². The summed E-state index contributed by atoms with van der Waals surface area (Å²) in [7, 11) is 2.40. The largest absolute Gasteiger partial charge is 0.465 e. The smallest absolute Gasteiger partial charge is 0.433 e. The summed E-state index contributed by atoms with van der Waals surface area (Å²) in [6.07, 6.45) is 5.81. The van der Waals surface area contributed by atoms with Crippen molar-refractivity contribution in [2.24, 2.45) is 0 Å². The molecule has 1 aromatic rings. The van der Waals surface area contributed by atoms with Crippen molar-refractivity contribution in [2.75, 3.05) is 20.8 Å². The van der Waals surface area contributed by atoms with Gasteiger partial charge in [0.1, 0.15) is 10.7 Å². The lowest BCUT2D eigenvalue weighted by Gasteiger charge is -2.28. The first-order valence-corrected chi connectivity index (χ1v) is 9.21. The predicted octanol–water partition coefficient (Wildman–Crippen LogP) is 2.25. The SMILES string of the molecule is COC(=O)C1=CC(CCCO)=CC(C)N(Cc2ccc([N+](=O)[O-])o2)C=C1C(=O)OC. The lowest BCUT2D eigenvalue weighted by molar-refractivity contribution is -0.402. The highest BCUT2D eigenvalue weighted by atomic mass is 16.6. The Morgan fingerprint density at radius 2 is 1.90 bits per heavy atom. The molecule has 162 valence electrons. The number of ether oxygens (including phenoxy) is 2. The number of hydrogen-bond acceptors (Lipinski definition) is 9. The summed E-state index contributed by atoms with van der Waals surface area (Å²) in [6.45, 7) is 1.93. The summed E-state index contributed by atoms with van der Waals surface area (Å²) in [5.41, 5.74) is 0.713. The number of allylic oxidation sites excluding steroid dienone is 2. The Morgan fingerprint density at radius 3 is 2.47 bits per heavy atom. The van der Waals surface area contributed by atoms with E-state index < -0.39 is 22.7 Å². The van der Waals surface area contributed by atoms with Crippen molar-refractivity contribution in [3.8, 4) is 0 Å². The van der Waals surface area contributed by atoms with Crippen LogP contribution in [0.2, 0.25) is 0 Å². The molecule has 0 radical (unpaired) electrons. The first-order valence-electron chi connectivity index (χ1n) is 9.21. The topological polar surface area (TPSA) is 132 Å². The molecule has 1 N–H and O–H groups in total. The Balaban J connectivity index is 2.54. The molecule has 0 aromatic carbocycles. The van der Waals surface area contributed by atoms with E-state index in [1.54, 1.807) is 11.0 Å². The van der Waals surface area contributed by atoms with Crippen LogP contribution in [0.1, 0.15) is 25.5 Å². The maximum atomic E-state index is 12.4. The monoisotopic (exact) mass is 420 g/mol. The first kappa shape index (κ1) is 22.9. The quantitative estimate of drug-likeness (QED) is 0.382. The molecule has 0 aliphatic carbocycles. The van der Waals surface area contributed by atoms with Crippen molar-refractivity contribution in [3.05, 3.63) is 63.1 Å². The second-order valence-electron chi connectivity index (χ2n) is 6.56. The molecule has 1 aromatic heterocycles. The Morgan fingerprint density at radius 1 is 1.23 bits per heavy atom. The highest BCUT2D eigenvalue weighted by molar-refractivity contribution is 6.07. The third-order valence-corrected chi connectivity index (χ3v) is 4.49. The van der Waals surface area contributed by atoms with E-state index in [0.717, 1.165) is 5.57 Å². The Hall–Kier alpha value is -3.40.